The van der Waals surface area contributed by atoms with Crippen LogP contribution in [0, 0.1) is 28.6 Å². The van der Waals surface area contributed by atoms with Gasteiger partial charge < -0.3 is 28.4 Å². The van der Waals surface area contributed by atoms with Crippen molar-refractivity contribution in [3.8, 4) is 0 Å². The Morgan fingerprint density at radius 3 is 2.33 bits per heavy atom. The number of hydrogen-bond acceptors (Lipinski definition) is 12. The third-order valence-electron chi connectivity index (χ3n) is 10.9. The number of hydrogen-bond donors (Lipinski definition) is 1. The van der Waals surface area contributed by atoms with Gasteiger partial charge in [0.05, 0.1) is 0 Å². The first-order chi connectivity index (χ1) is 19.8. The van der Waals surface area contributed by atoms with Gasteiger partial charge in [-0.25, -0.2) is 9.59 Å². The summed E-state index contributed by atoms with van der Waals surface area (Å²) in [6, 6.07) is 0. The lowest BCUT2D eigenvalue weighted by Gasteiger charge is -2.48. The van der Waals surface area contributed by atoms with Gasteiger partial charge in [-0.1, -0.05) is 27.7 Å². The molecule has 0 aromatic heterocycles. The first-order valence-electron chi connectivity index (χ1n) is 14.2. The van der Waals surface area contributed by atoms with Gasteiger partial charge in [0, 0.05) is 5.41 Å². The van der Waals surface area contributed by atoms with Gasteiger partial charge in [-0.05, 0) is 43.9 Å². The van der Waals surface area contributed by atoms with E-state index in [2.05, 4.69) is 25.5 Å². The number of carbonyl (C=O) groups is 4. The van der Waals surface area contributed by atoms with Crippen LogP contribution in [0.25, 0.3) is 0 Å². The Morgan fingerprint density at radius 1 is 1.12 bits per heavy atom. The van der Waals surface area contributed by atoms with Crippen molar-refractivity contribution in [2.75, 3.05) is 13.2 Å². The predicted molar refractivity (Wildman–Crippen MR) is 137 cm³/mol. The number of fused-ring (bicyclic) bond motifs is 3. The number of ether oxygens (including phenoxy) is 6. The van der Waals surface area contributed by atoms with Crippen LogP contribution in [0.3, 0.4) is 0 Å². The molecular formula is C27H36F2O13S. The fourth-order valence-corrected chi connectivity index (χ4v) is 8.53. The number of halogens is 2. The Kier molecular flexibility index (Phi) is 7.67. The monoisotopic (exact) mass is 638 g/mol. The van der Waals surface area contributed by atoms with E-state index in [0.29, 0.717) is 25.7 Å². The number of rotatable bonds is 11. The molecule has 3 saturated heterocycles. The van der Waals surface area contributed by atoms with Crippen LogP contribution in [0.1, 0.15) is 60.3 Å². The highest BCUT2D eigenvalue weighted by molar-refractivity contribution is 7.86. The van der Waals surface area contributed by atoms with E-state index in [1.807, 2.05) is 6.92 Å². The van der Waals surface area contributed by atoms with E-state index in [1.54, 1.807) is 0 Å². The molecule has 5 aliphatic rings. The van der Waals surface area contributed by atoms with Crippen LogP contribution in [-0.2, 0) is 57.7 Å². The topological polar surface area (TPSA) is 178 Å². The Labute approximate surface area is 246 Å². The van der Waals surface area contributed by atoms with Crippen molar-refractivity contribution < 1.29 is 69.4 Å². The van der Waals surface area contributed by atoms with Gasteiger partial charge in [-0.15, -0.1) is 0 Å². The van der Waals surface area contributed by atoms with Crippen LogP contribution in [-0.4, -0.2) is 91.4 Å². The molecule has 3 aliphatic heterocycles. The molecule has 0 amide bonds. The smallest absolute Gasteiger partial charge is 0.405 e. The van der Waals surface area contributed by atoms with E-state index in [9.17, 15) is 36.4 Å². The standard InChI is InChI=1S/C27H36F2O13S/c1-6-26(9-13-7-8-25(26,5)24(13,3)4)42-23(33)17-16-18-21(41-22(16)32)20(19(17)40-18)39-15(31)11-37-10-14(30)38-12(2)27(28,29)43(34,35)36/h12-13,16-21H,6-11H2,1-5H3,(H,34,35,36). The molecule has 3 heterocycles. The molecule has 10 atom stereocenters. The van der Waals surface area contributed by atoms with Gasteiger partial charge in [0.2, 0.25) is 0 Å². The van der Waals surface area contributed by atoms with Crippen molar-refractivity contribution in [3.63, 3.8) is 0 Å². The van der Waals surface area contributed by atoms with Gasteiger partial charge in [0.1, 0.15) is 42.9 Å². The summed E-state index contributed by atoms with van der Waals surface area (Å²) in [5, 5.41) is -4.76. The zero-order chi connectivity index (χ0) is 31.9. The molecule has 0 aromatic rings. The molecule has 2 saturated carbocycles. The summed E-state index contributed by atoms with van der Waals surface area (Å²) in [6.07, 6.45) is -3.24. The summed E-state index contributed by atoms with van der Waals surface area (Å²) in [7, 11) is -5.85. The molecule has 10 unspecified atom stereocenters. The van der Waals surface area contributed by atoms with Crippen molar-refractivity contribution in [3.05, 3.63) is 0 Å². The van der Waals surface area contributed by atoms with Crippen LogP contribution >= 0.6 is 0 Å². The maximum absolute atomic E-state index is 13.8. The molecule has 0 spiro atoms. The van der Waals surface area contributed by atoms with Crippen LogP contribution in [0.4, 0.5) is 8.78 Å². The highest BCUT2D eigenvalue weighted by Crippen LogP contribution is 2.71. The fraction of sp³-hybridized carbons (Fsp3) is 0.852. The van der Waals surface area contributed by atoms with Crippen LogP contribution in [0.15, 0.2) is 0 Å². The van der Waals surface area contributed by atoms with Crippen molar-refractivity contribution in [2.45, 2.75) is 102 Å². The van der Waals surface area contributed by atoms with Crippen molar-refractivity contribution in [1.29, 1.82) is 0 Å². The zero-order valence-electron chi connectivity index (χ0n) is 24.4. The minimum absolute atomic E-state index is 0.0498. The molecule has 5 rings (SSSR count). The second kappa shape index (κ2) is 10.3. The molecule has 242 valence electrons. The average Bonchev–Trinajstić information content (AvgIpc) is 3.61. The Hall–Kier alpha value is -2.43. The highest BCUT2D eigenvalue weighted by Gasteiger charge is 2.74. The quantitative estimate of drug-likeness (QED) is 0.197. The normalized spacial score (nSPS) is 39.4. The van der Waals surface area contributed by atoms with Crippen LogP contribution in [0.2, 0.25) is 0 Å². The van der Waals surface area contributed by atoms with E-state index >= 15 is 0 Å². The van der Waals surface area contributed by atoms with E-state index < -0.39 is 100 Å². The molecule has 16 heteroatoms. The summed E-state index contributed by atoms with van der Waals surface area (Å²) < 4.78 is 89.4. The maximum atomic E-state index is 13.8. The second-order valence-corrected chi connectivity index (χ2v) is 14.4. The highest BCUT2D eigenvalue weighted by atomic mass is 32.2. The molecule has 4 bridgehead atoms. The Morgan fingerprint density at radius 2 is 1.77 bits per heavy atom. The summed E-state index contributed by atoms with van der Waals surface area (Å²) >= 11 is 0. The van der Waals surface area contributed by atoms with Crippen molar-refractivity contribution in [2.24, 2.45) is 28.6 Å². The first-order valence-corrected chi connectivity index (χ1v) is 15.7. The minimum Gasteiger partial charge on any atom is -0.458 e. The first kappa shape index (κ1) is 32.0. The third kappa shape index (κ3) is 4.65. The summed E-state index contributed by atoms with van der Waals surface area (Å²) in [6.45, 7) is 7.18. The van der Waals surface area contributed by atoms with Gasteiger partial charge in [0.25, 0.3) is 0 Å². The molecule has 13 nitrogen and oxygen atoms in total. The predicted octanol–water partition coefficient (Wildman–Crippen LogP) is 1.80. The minimum atomic E-state index is -5.85. The zero-order valence-corrected chi connectivity index (χ0v) is 25.2. The van der Waals surface area contributed by atoms with E-state index in [0.717, 1.165) is 12.8 Å². The largest absolute Gasteiger partial charge is 0.458 e. The lowest BCUT2D eigenvalue weighted by atomic mass is 9.63. The SMILES string of the molecule is CCC1(OC(=O)C2C3OC4C(OC(=O)C42)C3OC(=O)COCC(=O)OC(C)C(F)(F)S(=O)(=O)O)CC2CCC1(C)C2(C)C. The summed E-state index contributed by atoms with van der Waals surface area (Å²) in [5.41, 5.74) is -1.04. The number of esters is 4. The van der Waals surface area contributed by atoms with E-state index in [1.165, 1.54) is 0 Å². The van der Waals surface area contributed by atoms with Crippen molar-refractivity contribution >= 4 is 34.0 Å². The van der Waals surface area contributed by atoms with Gasteiger partial charge in [-0.2, -0.15) is 17.2 Å². The van der Waals surface area contributed by atoms with Gasteiger partial charge >= 0.3 is 39.2 Å². The van der Waals surface area contributed by atoms with Gasteiger partial charge in [-0.3, -0.25) is 14.1 Å². The van der Waals surface area contributed by atoms with Crippen LogP contribution in [0.5, 0.6) is 0 Å². The Bertz CT molecular complexity index is 1320. The summed E-state index contributed by atoms with van der Waals surface area (Å²) in [4.78, 5) is 50.9. The van der Waals surface area contributed by atoms with Crippen LogP contribution < -0.4 is 0 Å². The Balaban J connectivity index is 1.20. The number of carbonyl (C=O) groups excluding carboxylic acids is 4. The lowest BCUT2D eigenvalue weighted by Crippen LogP contribution is -2.54. The molecule has 0 radical (unpaired) electrons. The molecule has 5 fully saturated rings. The lowest BCUT2D eigenvalue weighted by molar-refractivity contribution is -0.191. The molecule has 43 heavy (non-hydrogen) atoms. The molecule has 2 aliphatic carbocycles. The second-order valence-electron chi connectivity index (χ2n) is 12.9. The molecular weight excluding hydrogens is 602 g/mol. The van der Waals surface area contributed by atoms with E-state index in [-0.39, 0.29) is 10.8 Å². The summed E-state index contributed by atoms with van der Waals surface area (Å²) in [5.74, 6) is -5.33. The van der Waals surface area contributed by atoms with Crippen molar-refractivity contribution in [1.82, 2.24) is 0 Å². The third-order valence-corrected chi connectivity index (χ3v) is 11.9. The van der Waals surface area contributed by atoms with Gasteiger partial charge in [0.15, 0.2) is 18.3 Å². The number of alkyl halides is 2. The van der Waals surface area contributed by atoms with E-state index in [4.69, 9.17) is 28.2 Å². The fourth-order valence-electron chi connectivity index (χ4n) is 8.07. The molecule has 0 aromatic carbocycles. The molecule has 1 N–H and O–H groups in total. The maximum Gasteiger partial charge on any atom is 0.405 e. The average molecular weight is 639 g/mol.